The Morgan fingerprint density at radius 3 is 2.06 bits per heavy atom. The number of ether oxygens (including phenoxy) is 2. The smallest absolute Gasteiger partial charge is 0.356 e. The zero-order valence-corrected chi connectivity index (χ0v) is 12.3. The van der Waals surface area contributed by atoms with Crippen LogP contribution in [0.15, 0.2) is 12.2 Å². The molecule has 0 saturated carbocycles. The van der Waals surface area contributed by atoms with Crippen molar-refractivity contribution < 1.29 is 28.6 Å². The topological polar surface area (TPSA) is 93.1 Å². The van der Waals surface area contributed by atoms with Gasteiger partial charge in [0.15, 0.2) is 5.34 Å². The molecule has 106 valence electrons. The number of hydrogen-bond acceptors (Lipinski definition) is 4. The third-order valence-corrected chi connectivity index (χ3v) is 3.72. The fraction of sp³-hybridized carbons (Fsp3) is 0.727. The first kappa shape index (κ1) is 17.3. The van der Waals surface area contributed by atoms with Crippen LogP contribution in [0.2, 0.25) is 0 Å². The maximum atomic E-state index is 11.3. The number of rotatable bonds is 6. The van der Waals surface area contributed by atoms with Gasteiger partial charge in [0.05, 0.1) is 6.61 Å². The van der Waals surface area contributed by atoms with Gasteiger partial charge in [0.2, 0.25) is 0 Å². The van der Waals surface area contributed by atoms with Crippen LogP contribution >= 0.6 is 7.60 Å². The largest absolute Gasteiger partial charge is 0.454 e. The summed E-state index contributed by atoms with van der Waals surface area (Å²) in [5, 5.41) is -1.63. The average Bonchev–Trinajstić information content (AvgIpc) is 2.12. The highest BCUT2D eigenvalue weighted by atomic mass is 31.2. The third-order valence-electron chi connectivity index (χ3n) is 2.19. The molecule has 0 spiro atoms. The molecule has 0 bridgehead atoms. The van der Waals surface area contributed by atoms with Gasteiger partial charge in [0.25, 0.3) is 0 Å². The Balaban J connectivity index is 4.58. The second-order valence-electron chi connectivity index (χ2n) is 5.21. The monoisotopic (exact) mass is 280 g/mol. The Morgan fingerprint density at radius 1 is 1.28 bits per heavy atom. The molecule has 0 aromatic carbocycles. The van der Waals surface area contributed by atoms with Gasteiger partial charge >= 0.3 is 13.6 Å². The number of carbonyl (C=O) groups excluding carboxylic acids is 1. The molecule has 6 nitrogen and oxygen atoms in total. The predicted molar refractivity (Wildman–Crippen MR) is 67.1 cm³/mol. The Morgan fingerprint density at radius 2 is 1.72 bits per heavy atom. The molecule has 0 heterocycles. The summed E-state index contributed by atoms with van der Waals surface area (Å²) in [7, 11) is -4.39. The zero-order chi connectivity index (χ0) is 14.8. The molecule has 0 aliphatic heterocycles. The summed E-state index contributed by atoms with van der Waals surface area (Å²) in [6.07, 6.45) is 0. The molecule has 0 rings (SSSR count). The zero-order valence-electron chi connectivity index (χ0n) is 11.4. The Bertz CT molecular complexity index is 379. The molecule has 0 aliphatic rings. The first-order valence-electron chi connectivity index (χ1n) is 5.37. The molecule has 0 aromatic heterocycles. The van der Waals surface area contributed by atoms with Gasteiger partial charge < -0.3 is 19.3 Å². The molecule has 0 radical (unpaired) electrons. The van der Waals surface area contributed by atoms with Gasteiger partial charge in [0, 0.05) is 5.57 Å². The van der Waals surface area contributed by atoms with Crippen molar-refractivity contribution in [1.29, 1.82) is 0 Å². The van der Waals surface area contributed by atoms with E-state index in [2.05, 4.69) is 6.58 Å². The lowest BCUT2D eigenvalue weighted by atomic mass is 10.1. The molecule has 18 heavy (non-hydrogen) atoms. The fourth-order valence-electron chi connectivity index (χ4n) is 0.802. The van der Waals surface area contributed by atoms with E-state index in [1.165, 1.54) is 20.8 Å². The van der Waals surface area contributed by atoms with E-state index in [1.807, 2.05) is 0 Å². The fourth-order valence-corrected chi connectivity index (χ4v) is 1.03. The molecule has 0 saturated heterocycles. The second kappa shape index (κ2) is 5.53. The van der Waals surface area contributed by atoms with Gasteiger partial charge in [-0.1, -0.05) is 6.58 Å². The van der Waals surface area contributed by atoms with Crippen LogP contribution in [0.1, 0.15) is 34.6 Å². The van der Waals surface area contributed by atoms with Crippen LogP contribution < -0.4 is 0 Å². The van der Waals surface area contributed by atoms with Gasteiger partial charge in [0.1, 0.15) is 5.60 Å². The van der Waals surface area contributed by atoms with Crippen LogP contribution in [0, 0.1) is 0 Å². The van der Waals surface area contributed by atoms with Gasteiger partial charge in [-0.15, -0.1) is 0 Å². The normalized spacial score (nSPS) is 13.3. The number of esters is 1. The van der Waals surface area contributed by atoms with E-state index in [1.54, 1.807) is 13.8 Å². The van der Waals surface area contributed by atoms with Gasteiger partial charge in [-0.3, -0.25) is 4.57 Å². The van der Waals surface area contributed by atoms with Crippen molar-refractivity contribution in [3.63, 3.8) is 0 Å². The maximum absolute atomic E-state index is 11.3. The minimum Gasteiger partial charge on any atom is -0.454 e. The Labute approximate surface area is 107 Å². The van der Waals surface area contributed by atoms with Crippen molar-refractivity contribution in [3.8, 4) is 0 Å². The summed E-state index contributed by atoms with van der Waals surface area (Å²) in [6, 6.07) is 0. The van der Waals surface area contributed by atoms with E-state index in [0.717, 1.165) is 0 Å². The lowest BCUT2D eigenvalue weighted by Gasteiger charge is -2.31. The van der Waals surface area contributed by atoms with Crippen LogP contribution in [0.25, 0.3) is 0 Å². The van der Waals surface area contributed by atoms with Crippen LogP contribution in [0.5, 0.6) is 0 Å². The summed E-state index contributed by atoms with van der Waals surface area (Å²) in [6.45, 7) is 10.6. The van der Waals surface area contributed by atoms with Crippen molar-refractivity contribution in [1.82, 2.24) is 0 Å². The molecule has 0 fully saturated rings. The van der Waals surface area contributed by atoms with Crippen molar-refractivity contribution in [2.45, 2.75) is 45.6 Å². The van der Waals surface area contributed by atoms with Crippen molar-refractivity contribution in [2.75, 3.05) is 6.61 Å². The first-order chi connectivity index (χ1) is 7.78. The lowest BCUT2D eigenvalue weighted by molar-refractivity contribution is -0.160. The van der Waals surface area contributed by atoms with Crippen molar-refractivity contribution in [2.24, 2.45) is 0 Å². The molecular formula is C11H21O6P. The second-order valence-corrected chi connectivity index (χ2v) is 7.37. The van der Waals surface area contributed by atoms with Gasteiger partial charge in [-0.05, 0) is 34.6 Å². The number of hydrogen-bond donors (Lipinski definition) is 2. The quantitative estimate of drug-likeness (QED) is 0.438. The van der Waals surface area contributed by atoms with E-state index in [4.69, 9.17) is 19.3 Å². The van der Waals surface area contributed by atoms with Crippen LogP contribution in [-0.4, -0.2) is 33.3 Å². The Hall–Kier alpha value is -0.680. The van der Waals surface area contributed by atoms with Crippen LogP contribution in [-0.2, 0) is 18.8 Å². The predicted octanol–water partition coefficient (Wildman–Crippen LogP) is 1.81. The minimum absolute atomic E-state index is 0.135. The highest BCUT2D eigenvalue weighted by molar-refractivity contribution is 7.53. The van der Waals surface area contributed by atoms with E-state index < -0.39 is 24.5 Å². The summed E-state index contributed by atoms with van der Waals surface area (Å²) >= 11 is 0. The molecule has 0 atom stereocenters. The highest BCUT2D eigenvalue weighted by Gasteiger charge is 2.40. The van der Waals surface area contributed by atoms with E-state index in [0.29, 0.717) is 0 Å². The Kier molecular flexibility index (Phi) is 5.32. The maximum Gasteiger partial charge on any atom is 0.356 e. The summed E-state index contributed by atoms with van der Waals surface area (Å²) < 4.78 is 21.4. The molecule has 7 heteroatoms. The van der Waals surface area contributed by atoms with E-state index in [9.17, 15) is 9.36 Å². The third kappa shape index (κ3) is 5.31. The SMILES string of the molecule is C=C(C)C(=O)OC(C)(C)COC(C)(C)P(=O)(O)O. The molecule has 0 amide bonds. The lowest BCUT2D eigenvalue weighted by Crippen LogP contribution is -2.38. The van der Waals surface area contributed by atoms with Crippen molar-refractivity contribution in [3.05, 3.63) is 12.2 Å². The van der Waals surface area contributed by atoms with Crippen molar-refractivity contribution >= 4 is 13.6 Å². The molecule has 2 N–H and O–H groups in total. The molecule has 0 aliphatic carbocycles. The standard InChI is InChI=1S/C11H21O6P/c1-8(2)9(12)17-10(3,4)7-16-11(5,6)18(13,14)15/h1,7H2,2-6H3,(H2,13,14,15). The molecular weight excluding hydrogens is 259 g/mol. The minimum atomic E-state index is -4.39. The molecule has 0 aromatic rings. The highest BCUT2D eigenvalue weighted by Crippen LogP contribution is 2.50. The van der Waals surface area contributed by atoms with Crippen LogP contribution in [0.3, 0.4) is 0 Å². The summed E-state index contributed by atoms with van der Waals surface area (Å²) in [4.78, 5) is 29.5. The average molecular weight is 280 g/mol. The summed E-state index contributed by atoms with van der Waals surface area (Å²) in [5.41, 5.74) is -0.750. The van der Waals surface area contributed by atoms with Gasteiger partial charge in [-0.25, -0.2) is 4.79 Å². The number of carbonyl (C=O) groups is 1. The van der Waals surface area contributed by atoms with E-state index in [-0.39, 0.29) is 12.2 Å². The first-order valence-corrected chi connectivity index (χ1v) is 6.98. The molecule has 0 unspecified atom stereocenters. The van der Waals surface area contributed by atoms with Crippen LogP contribution in [0.4, 0.5) is 0 Å². The van der Waals surface area contributed by atoms with E-state index >= 15 is 0 Å². The van der Waals surface area contributed by atoms with Gasteiger partial charge in [-0.2, -0.15) is 0 Å². The summed E-state index contributed by atoms with van der Waals surface area (Å²) in [5.74, 6) is -0.572.